The van der Waals surface area contributed by atoms with Crippen LogP contribution in [0.5, 0.6) is 0 Å². The molecular formula is C17H29N5O2. The van der Waals surface area contributed by atoms with E-state index in [1.165, 1.54) is 0 Å². The summed E-state index contributed by atoms with van der Waals surface area (Å²) in [6, 6.07) is 3.55. The van der Waals surface area contributed by atoms with E-state index in [9.17, 15) is 4.79 Å². The second kappa shape index (κ2) is 10.2. The number of anilines is 1. The van der Waals surface area contributed by atoms with Crippen LogP contribution >= 0.6 is 0 Å². The molecule has 0 bridgehead atoms. The number of hydrogen-bond donors (Lipinski definition) is 2. The average molecular weight is 335 g/mol. The lowest BCUT2D eigenvalue weighted by Crippen LogP contribution is -2.41. The fourth-order valence-corrected chi connectivity index (χ4v) is 2.53. The van der Waals surface area contributed by atoms with Gasteiger partial charge in [0.15, 0.2) is 0 Å². The SMILES string of the molecule is CN(C)CCCNc1cc(C(=O)NCCN2CCOCC2)ccn1. The normalized spacial score (nSPS) is 15.5. The first-order chi connectivity index (χ1) is 11.6. The zero-order chi connectivity index (χ0) is 17.2. The first kappa shape index (κ1) is 18.6. The molecule has 1 amide bonds. The van der Waals surface area contributed by atoms with Crippen LogP contribution < -0.4 is 10.6 Å². The molecule has 0 aromatic carbocycles. The molecular weight excluding hydrogens is 306 g/mol. The number of morpholine rings is 1. The van der Waals surface area contributed by atoms with E-state index in [1.54, 1.807) is 18.3 Å². The maximum absolute atomic E-state index is 12.2. The van der Waals surface area contributed by atoms with E-state index in [-0.39, 0.29) is 5.91 Å². The van der Waals surface area contributed by atoms with E-state index in [0.717, 1.165) is 58.2 Å². The van der Waals surface area contributed by atoms with E-state index < -0.39 is 0 Å². The Morgan fingerprint density at radius 1 is 1.33 bits per heavy atom. The highest BCUT2D eigenvalue weighted by atomic mass is 16.5. The van der Waals surface area contributed by atoms with Gasteiger partial charge in [0.1, 0.15) is 5.82 Å². The third-order valence-electron chi connectivity index (χ3n) is 3.93. The number of amides is 1. The average Bonchev–Trinajstić information content (AvgIpc) is 2.60. The predicted molar refractivity (Wildman–Crippen MR) is 95.5 cm³/mol. The Morgan fingerprint density at radius 3 is 2.88 bits per heavy atom. The van der Waals surface area contributed by atoms with Gasteiger partial charge in [-0.05, 0) is 39.2 Å². The molecule has 0 saturated carbocycles. The number of hydrogen-bond acceptors (Lipinski definition) is 6. The van der Waals surface area contributed by atoms with Gasteiger partial charge in [0.2, 0.25) is 0 Å². The van der Waals surface area contributed by atoms with Gasteiger partial charge in [-0.25, -0.2) is 4.98 Å². The minimum atomic E-state index is -0.0537. The van der Waals surface area contributed by atoms with Crippen LogP contribution in [0.25, 0.3) is 0 Å². The molecule has 0 aliphatic carbocycles. The summed E-state index contributed by atoms with van der Waals surface area (Å²) in [6.45, 7) is 6.80. The van der Waals surface area contributed by atoms with Crippen LogP contribution in [-0.4, -0.2) is 87.3 Å². The van der Waals surface area contributed by atoms with Crippen molar-refractivity contribution in [1.29, 1.82) is 0 Å². The predicted octanol–water partition coefficient (Wildman–Crippen LogP) is 0.507. The molecule has 2 N–H and O–H groups in total. The smallest absolute Gasteiger partial charge is 0.251 e. The fourth-order valence-electron chi connectivity index (χ4n) is 2.53. The summed E-state index contributed by atoms with van der Waals surface area (Å²) in [4.78, 5) is 21.0. The molecule has 0 radical (unpaired) electrons. The van der Waals surface area contributed by atoms with Crippen molar-refractivity contribution in [2.75, 3.05) is 71.9 Å². The van der Waals surface area contributed by atoms with Crippen molar-refractivity contribution in [3.63, 3.8) is 0 Å². The molecule has 1 saturated heterocycles. The van der Waals surface area contributed by atoms with E-state index in [4.69, 9.17) is 4.74 Å². The molecule has 2 rings (SSSR count). The van der Waals surface area contributed by atoms with Crippen molar-refractivity contribution in [1.82, 2.24) is 20.1 Å². The Morgan fingerprint density at radius 2 is 2.12 bits per heavy atom. The molecule has 1 aromatic rings. The third-order valence-corrected chi connectivity index (χ3v) is 3.93. The van der Waals surface area contributed by atoms with Crippen LogP contribution in [0.3, 0.4) is 0 Å². The lowest BCUT2D eigenvalue weighted by molar-refractivity contribution is 0.0383. The molecule has 7 nitrogen and oxygen atoms in total. The highest BCUT2D eigenvalue weighted by molar-refractivity contribution is 5.94. The molecule has 1 aliphatic heterocycles. The van der Waals surface area contributed by atoms with Gasteiger partial charge in [0, 0.05) is 44.5 Å². The zero-order valence-electron chi connectivity index (χ0n) is 14.8. The van der Waals surface area contributed by atoms with E-state index in [1.807, 2.05) is 0 Å². The number of aromatic nitrogens is 1. The second-order valence-corrected chi connectivity index (χ2v) is 6.22. The Balaban J connectivity index is 1.72. The molecule has 0 unspecified atom stereocenters. The van der Waals surface area contributed by atoms with Crippen LogP contribution in [0.4, 0.5) is 5.82 Å². The van der Waals surface area contributed by atoms with Crippen LogP contribution in [0.2, 0.25) is 0 Å². The van der Waals surface area contributed by atoms with Crippen molar-refractivity contribution < 1.29 is 9.53 Å². The summed E-state index contributed by atoms with van der Waals surface area (Å²) < 4.78 is 5.32. The Kier molecular flexibility index (Phi) is 7.94. The van der Waals surface area contributed by atoms with Crippen LogP contribution in [0, 0.1) is 0 Å². The highest BCUT2D eigenvalue weighted by Crippen LogP contribution is 2.07. The monoisotopic (exact) mass is 335 g/mol. The van der Waals surface area contributed by atoms with Crippen molar-refractivity contribution in [3.8, 4) is 0 Å². The molecule has 0 atom stereocenters. The first-order valence-electron chi connectivity index (χ1n) is 8.58. The number of nitrogens with one attached hydrogen (secondary N) is 2. The van der Waals surface area contributed by atoms with Gasteiger partial charge in [-0.15, -0.1) is 0 Å². The highest BCUT2D eigenvalue weighted by Gasteiger charge is 2.11. The molecule has 24 heavy (non-hydrogen) atoms. The van der Waals surface area contributed by atoms with Gasteiger partial charge in [-0.3, -0.25) is 9.69 Å². The van der Waals surface area contributed by atoms with Crippen LogP contribution in [-0.2, 0) is 4.74 Å². The molecule has 1 aliphatic rings. The molecule has 134 valence electrons. The number of carbonyl (C=O) groups is 1. The maximum Gasteiger partial charge on any atom is 0.251 e. The van der Waals surface area contributed by atoms with Crippen molar-refractivity contribution in [2.24, 2.45) is 0 Å². The first-order valence-corrected chi connectivity index (χ1v) is 8.58. The summed E-state index contributed by atoms with van der Waals surface area (Å²) in [6.07, 6.45) is 2.70. The second-order valence-electron chi connectivity index (χ2n) is 6.22. The topological polar surface area (TPSA) is 69.7 Å². The van der Waals surface area contributed by atoms with E-state index in [0.29, 0.717) is 12.1 Å². The lowest BCUT2D eigenvalue weighted by atomic mass is 10.2. The molecule has 1 fully saturated rings. The largest absolute Gasteiger partial charge is 0.379 e. The standard InChI is InChI=1S/C17H29N5O2/c1-21(2)8-3-5-18-16-14-15(4-6-19-16)17(23)20-7-9-22-10-12-24-13-11-22/h4,6,14H,3,5,7-13H2,1-2H3,(H,18,19)(H,20,23). The summed E-state index contributed by atoms with van der Waals surface area (Å²) in [5, 5.41) is 6.24. The van der Waals surface area contributed by atoms with Gasteiger partial charge in [-0.2, -0.15) is 0 Å². The number of ether oxygens (including phenoxy) is 1. The minimum absolute atomic E-state index is 0.0537. The Labute approximate surface area is 144 Å². The van der Waals surface area contributed by atoms with Crippen LogP contribution in [0.1, 0.15) is 16.8 Å². The Bertz CT molecular complexity index is 504. The summed E-state index contributed by atoms with van der Waals surface area (Å²) >= 11 is 0. The third kappa shape index (κ3) is 6.82. The zero-order valence-corrected chi connectivity index (χ0v) is 14.8. The number of rotatable bonds is 9. The number of carbonyl (C=O) groups excluding carboxylic acids is 1. The van der Waals surface area contributed by atoms with E-state index in [2.05, 4.69) is 39.5 Å². The van der Waals surface area contributed by atoms with Gasteiger partial charge < -0.3 is 20.3 Å². The Hall–Kier alpha value is -1.70. The lowest BCUT2D eigenvalue weighted by Gasteiger charge is -2.26. The van der Waals surface area contributed by atoms with Crippen molar-refractivity contribution >= 4 is 11.7 Å². The molecule has 0 spiro atoms. The van der Waals surface area contributed by atoms with E-state index >= 15 is 0 Å². The summed E-state index contributed by atoms with van der Waals surface area (Å²) in [7, 11) is 4.11. The van der Waals surface area contributed by atoms with Crippen LogP contribution in [0.15, 0.2) is 18.3 Å². The summed E-state index contributed by atoms with van der Waals surface area (Å²) in [5.74, 6) is 0.691. The van der Waals surface area contributed by atoms with Gasteiger partial charge in [0.25, 0.3) is 5.91 Å². The maximum atomic E-state index is 12.2. The summed E-state index contributed by atoms with van der Waals surface area (Å²) in [5.41, 5.74) is 0.641. The van der Waals surface area contributed by atoms with Crippen molar-refractivity contribution in [2.45, 2.75) is 6.42 Å². The molecule has 2 heterocycles. The minimum Gasteiger partial charge on any atom is -0.379 e. The van der Waals surface area contributed by atoms with Gasteiger partial charge in [0.05, 0.1) is 13.2 Å². The van der Waals surface area contributed by atoms with Gasteiger partial charge >= 0.3 is 0 Å². The number of nitrogens with zero attached hydrogens (tertiary/aromatic N) is 3. The molecule has 7 heteroatoms. The number of pyridine rings is 1. The van der Waals surface area contributed by atoms with Crippen molar-refractivity contribution in [3.05, 3.63) is 23.9 Å². The fraction of sp³-hybridized carbons (Fsp3) is 0.647. The quantitative estimate of drug-likeness (QED) is 0.641. The molecule has 1 aromatic heterocycles. The van der Waals surface area contributed by atoms with Gasteiger partial charge in [-0.1, -0.05) is 0 Å².